The van der Waals surface area contributed by atoms with Gasteiger partial charge in [0.25, 0.3) is 5.91 Å². The zero-order chi connectivity index (χ0) is 15.9. The number of nitrogens with one attached hydrogen (secondary N) is 2. The van der Waals surface area contributed by atoms with E-state index in [1.165, 1.54) is 26.4 Å². The Balaban J connectivity index is 1.76. The summed E-state index contributed by atoms with van der Waals surface area (Å²) in [6.45, 7) is 1.77. The molecule has 1 aliphatic heterocycles. The van der Waals surface area contributed by atoms with Crippen LogP contribution in [-0.4, -0.2) is 43.6 Å². The van der Waals surface area contributed by atoms with Crippen molar-refractivity contribution in [3.05, 3.63) is 23.5 Å². The van der Waals surface area contributed by atoms with Gasteiger partial charge in [-0.15, -0.1) is 11.6 Å². The summed E-state index contributed by atoms with van der Waals surface area (Å²) in [5, 5.41) is 6.07. The Morgan fingerprint density at radius 2 is 2.32 bits per heavy atom. The van der Waals surface area contributed by atoms with Crippen LogP contribution in [0.1, 0.15) is 32.1 Å². The van der Waals surface area contributed by atoms with Crippen LogP contribution in [-0.2, 0) is 9.53 Å². The molecule has 6 heteroatoms. The first-order chi connectivity index (χ1) is 10.6. The van der Waals surface area contributed by atoms with Crippen molar-refractivity contribution < 1.29 is 9.53 Å². The van der Waals surface area contributed by atoms with Crippen molar-refractivity contribution in [2.24, 2.45) is 5.73 Å². The fourth-order valence-electron chi connectivity index (χ4n) is 2.89. The van der Waals surface area contributed by atoms with E-state index >= 15 is 0 Å². The second kappa shape index (κ2) is 8.56. The molecule has 1 amide bonds. The standard InChI is InChI=1S/C16H26ClN3O2/c1-22-15-10-14(18)13(17)9-12(15)16(21)20-8-4-6-11-5-2-3-7-19-11/h9-11,13-14,19H,2-8,18H2,1H3,(H,20,21). The number of hydrogen-bond donors (Lipinski definition) is 3. The van der Waals surface area contributed by atoms with Gasteiger partial charge in [-0.05, 0) is 44.4 Å². The van der Waals surface area contributed by atoms with Crippen molar-refractivity contribution in [1.29, 1.82) is 0 Å². The Hall–Kier alpha value is -1.04. The van der Waals surface area contributed by atoms with Crippen LogP contribution < -0.4 is 16.4 Å². The second-order valence-corrected chi connectivity index (χ2v) is 6.39. The molecule has 4 N–H and O–H groups in total. The quantitative estimate of drug-likeness (QED) is 0.509. The van der Waals surface area contributed by atoms with Crippen LogP contribution in [0.25, 0.3) is 0 Å². The number of carbonyl (C=O) groups excluding carboxylic acids is 1. The van der Waals surface area contributed by atoms with Gasteiger partial charge < -0.3 is 21.1 Å². The molecule has 1 aliphatic carbocycles. The van der Waals surface area contributed by atoms with E-state index in [4.69, 9.17) is 22.1 Å². The van der Waals surface area contributed by atoms with Crippen molar-refractivity contribution in [3.8, 4) is 0 Å². The fourth-order valence-corrected chi connectivity index (χ4v) is 3.09. The van der Waals surface area contributed by atoms with Gasteiger partial charge in [0.1, 0.15) is 5.76 Å². The Kier molecular flexibility index (Phi) is 6.73. The lowest BCUT2D eigenvalue weighted by Crippen LogP contribution is -2.36. The van der Waals surface area contributed by atoms with Gasteiger partial charge in [-0.2, -0.15) is 0 Å². The maximum absolute atomic E-state index is 12.3. The molecule has 1 heterocycles. The van der Waals surface area contributed by atoms with Crippen LogP contribution >= 0.6 is 11.6 Å². The van der Waals surface area contributed by atoms with E-state index in [0.29, 0.717) is 23.9 Å². The summed E-state index contributed by atoms with van der Waals surface area (Å²) < 4.78 is 5.23. The minimum absolute atomic E-state index is 0.151. The van der Waals surface area contributed by atoms with Crippen LogP contribution in [0.4, 0.5) is 0 Å². The third-order valence-corrected chi connectivity index (χ3v) is 4.61. The summed E-state index contributed by atoms with van der Waals surface area (Å²) in [6.07, 6.45) is 9.23. The number of alkyl halides is 1. The van der Waals surface area contributed by atoms with Gasteiger partial charge in [-0.1, -0.05) is 6.42 Å². The van der Waals surface area contributed by atoms with Gasteiger partial charge in [0.15, 0.2) is 0 Å². The Bertz CT molecular complexity index is 445. The van der Waals surface area contributed by atoms with Crippen molar-refractivity contribution in [2.75, 3.05) is 20.2 Å². The molecule has 3 unspecified atom stereocenters. The maximum atomic E-state index is 12.3. The summed E-state index contributed by atoms with van der Waals surface area (Å²) in [4.78, 5) is 12.3. The van der Waals surface area contributed by atoms with E-state index in [-0.39, 0.29) is 17.3 Å². The van der Waals surface area contributed by atoms with E-state index in [1.807, 2.05) is 0 Å². The van der Waals surface area contributed by atoms with E-state index in [0.717, 1.165) is 19.4 Å². The number of hydrogen-bond acceptors (Lipinski definition) is 4. The zero-order valence-corrected chi connectivity index (χ0v) is 13.9. The zero-order valence-electron chi connectivity index (χ0n) is 13.1. The molecule has 2 rings (SSSR count). The highest BCUT2D eigenvalue weighted by atomic mass is 35.5. The molecule has 3 atom stereocenters. The predicted molar refractivity (Wildman–Crippen MR) is 88.7 cm³/mol. The first kappa shape index (κ1) is 17.3. The lowest BCUT2D eigenvalue weighted by Gasteiger charge is -2.24. The van der Waals surface area contributed by atoms with Gasteiger partial charge in [0.2, 0.25) is 0 Å². The van der Waals surface area contributed by atoms with Crippen molar-refractivity contribution >= 4 is 17.5 Å². The molecule has 0 radical (unpaired) electrons. The van der Waals surface area contributed by atoms with E-state index in [2.05, 4.69) is 10.6 Å². The highest BCUT2D eigenvalue weighted by Gasteiger charge is 2.25. The van der Waals surface area contributed by atoms with Crippen molar-refractivity contribution in [3.63, 3.8) is 0 Å². The maximum Gasteiger partial charge on any atom is 0.254 e. The number of piperidine rings is 1. The first-order valence-corrected chi connectivity index (χ1v) is 8.44. The van der Waals surface area contributed by atoms with Gasteiger partial charge in [0.05, 0.1) is 18.1 Å². The average molecular weight is 328 g/mol. The summed E-state index contributed by atoms with van der Waals surface area (Å²) in [6, 6.07) is 0.268. The number of methoxy groups -OCH3 is 1. The number of ether oxygens (including phenoxy) is 1. The SMILES string of the molecule is COC1=CC(N)C(Cl)C=C1C(=O)NCCCC1CCCCN1. The smallest absolute Gasteiger partial charge is 0.254 e. The van der Waals surface area contributed by atoms with Crippen LogP contribution in [0, 0.1) is 0 Å². The molecule has 5 nitrogen and oxygen atoms in total. The van der Waals surface area contributed by atoms with E-state index < -0.39 is 0 Å². The highest BCUT2D eigenvalue weighted by molar-refractivity contribution is 6.23. The number of carbonyl (C=O) groups is 1. The molecule has 0 saturated carbocycles. The summed E-state index contributed by atoms with van der Waals surface area (Å²) in [5.74, 6) is 0.345. The summed E-state index contributed by atoms with van der Waals surface area (Å²) in [7, 11) is 1.53. The molecule has 0 aromatic heterocycles. The lowest BCUT2D eigenvalue weighted by atomic mass is 9.99. The molecule has 1 fully saturated rings. The van der Waals surface area contributed by atoms with E-state index in [9.17, 15) is 4.79 Å². The largest absolute Gasteiger partial charge is 0.496 e. The van der Waals surface area contributed by atoms with Gasteiger partial charge in [-0.3, -0.25) is 4.79 Å². The molecule has 0 bridgehead atoms. The molecule has 1 saturated heterocycles. The number of rotatable bonds is 6. The molecular weight excluding hydrogens is 302 g/mol. The van der Waals surface area contributed by atoms with Crippen LogP contribution in [0.15, 0.2) is 23.5 Å². The average Bonchev–Trinajstić information content (AvgIpc) is 2.54. The minimum atomic E-state index is -0.383. The number of nitrogens with two attached hydrogens (primary N) is 1. The minimum Gasteiger partial charge on any atom is -0.496 e. The predicted octanol–water partition coefficient (Wildman–Crippen LogP) is 1.43. The molecular formula is C16H26ClN3O2. The molecule has 0 aromatic rings. The number of halogens is 1. The normalized spacial score (nSPS) is 28.6. The molecule has 0 aromatic carbocycles. The number of amides is 1. The third kappa shape index (κ3) is 4.73. The first-order valence-electron chi connectivity index (χ1n) is 8.01. The monoisotopic (exact) mass is 327 g/mol. The highest BCUT2D eigenvalue weighted by Crippen LogP contribution is 2.22. The second-order valence-electron chi connectivity index (χ2n) is 5.88. The van der Waals surface area contributed by atoms with Crippen molar-refractivity contribution in [1.82, 2.24) is 10.6 Å². The molecule has 0 spiro atoms. The topological polar surface area (TPSA) is 76.4 Å². The molecule has 124 valence electrons. The van der Waals surface area contributed by atoms with Crippen molar-refractivity contribution in [2.45, 2.75) is 49.6 Å². The Morgan fingerprint density at radius 3 is 3.00 bits per heavy atom. The summed E-state index contributed by atoms with van der Waals surface area (Å²) >= 11 is 6.10. The Labute approximate surface area is 137 Å². The van der Waals surface area contributed by atoms with Crippen LogP contribution in [0.3, 0.4) is 0 Å². The fraction of sp³-hybridized carbons (Fsp3) is 0.688. The lowest BCUT2D eigenvalue weighted by molar-refractivity contribution is -0.117. The van der Waals surface area contributed by atoms with Gasteiger partial charge in [-0.25, -0.2) is 0 Å². The third-order valence-electron chi connectivity index (χ3n) is 4.19. The summed E-state index contributed by atoms with van der Waals surface area (Å²) in [5.41, 5.74) is 6.31. The van der Waals surface area contributed by atoms with E-state index in [1.54, 1.807) is 12.2 Å². The molecule has 2 aliphatic rings. The van der Waals surface area contributed by atoms with Gasteiger partial charge in [0, 0.05) is 18.6 Å². The Morgan fingerprint density at radius 1 is 1.50 bits per heavy atom. The van der Waals surface area contributed by atoms with Crippen LogP contribution in [0.2, 0.25) is 0 Å². The van der Waals surface area contributed by atoms with Gasteiger partial charge >= 0.3 is 0 Å². The molecule has 22 heavy (non-hydrogen) atoms. The van der Waals surface area contributed by atoms with Crippen LogP contribution in [0.5, 0.6) is 0 Å².